The average Bonchev–Trinajstić information content (AvgIpc) is 3.33. The molecule has 0 saturated carbocycles. The van der Waals surface area contributed by atoms with E-state index in [1.165, 1.54) is 6.20 Å². The van der Waals surface area contributed by atoms with Crippen LogP contribution in [0, 0.1) is 6.92 Å². The van der Waals surface area contributed by atoms with Gasteiger partial charge in [0.1, 0.15) is 16.3 Å². The summed E-state index contributed by atoms with van der Waals surface area (Å²) in [4.78, 5) is 0.264. The van der Waals surface area contributed by atoms with Crippen LogP contribution in [0.2, 0.25) is 0 Å². The van der Waals surface area contributed by atoms with E-state index < -0.39 is 10.0 Å². The Morgan fingerprint density at radius 2 is 1.97 bits per heavy atom. The van der Waals surface area contributed by atoms with Crippen LogP contribution in [-0.4, -0.2) is 41.3 Å². The van der Waals surface area contributed by atoms with Crippen molar-refractivity contribution in [3.8, 4) is 17.1 Å². The topological polar surface area (TPSA) is 90.5 Å². The summed E-state index contributed by atoms with van der Waals surface area (Å²) in [5, 5.41) is 8.51. The molecule has 0 amide bonds. The molecule has 9 heteroatoms. The van der Waals surface area contributed by atoms with Crippen molar-refractivity contribution >= 4 is 10.0 Å². The van der Waals surface area contributed by atoms with Crippen molar-refractivity contribution in [3.05, 3.63) is 47.9 Å². The second-order valence-corrected chi connectivity index (χ2v) is 9.59. The molecule has 3 aromatic rings. The molecule has 0 radical (unpaired) electrons. The Labute approximate surface area is 182 Å². The number of aromatic nitrogens is 3. The van der Waals surface area contributed by atoms with Crippen LogP contribution in [0.25, 0.3) is 11.3 Å². The summed E-state index contributed by atoms with van der Waals surface area (Å²) in [7, 11) is -2.10. The summed E-state index contributed by atoms with van der Waals surface area (Å²) in [5.74, 6) is 1.36. The predicted octanol–water partition coefficient (Wildman–Crippen LogP) is 4.18. The lowest BCUT2D eigenvalue weighted by atomic mass is 10.1. The van der Waals surface area contributed by atoms with Crippen LogP contribution in [0.15, 0.2) is 45.9 Å². The second-order valence-electron chi connectivity index (χ2n) is 7.74. The molecule has 1 fully saturated rings. The number of ether oxygens (including phenoxy) is 1. The minimum Gasteiger partial charge on any atom is -0.497 e. The van der Waals surface area contributed by atoms with Gasteiger partial charge >= 0.3 is 0 Å². The van der Waals surface area contributed by atoms with E-state index in [1.807, 2.05) is 37.3 Å². The van der Waals surface area contributed by atoms with E-state index in [1.54, 1.807) is 23.0 Å². The van der Waals surface area contributed by atoms with Crippen molar-refractivity contribution < 1.29 is 17.7 Å². The Hall–Kier alpha value is -2.65. The number of nitrogens with zero attached hydrogens (tertiary/aromatic N) is 4. The van der Waals surface area contributed by atoms with Gasteiger partial charge in [0.05, 0.1) is 25.0 Å². The van der Waals surface area contributed by atoms with Crippen LogP contribution in [0.3, 0.4) is 0 Å². The largest absolute Gasteiger partial charge is 0.497 e. The van der Waals surface area contributed by atoms with Gasteiger partial charge < -0.3 is 9.26 Å². The number of hydrogen-bond donors (Lipinski definition) is 0. The van der Waals surface area contributed by atoms with Crippen molar-refractivity contribution in [1.29, 1.82) is 0 Å². The lowest BCUT2D eigenvalue weighted by Crippen LogP contribution is -2.35. The summed E-state index contributed by atoms with van der Waals surface area (Å²) in [6.45, 7) is 4.82. The number of benzene rings is 1. The first-order valence-corrected chi connectivity index (χ1v) is 12.0. The molecule has 0 aliphatic carbocycles. The quantitative estimate of drug-likeness (QED) is 0.566. The van der Waals surface area contributed by atoms with Crippen LogP contribution in [0.4, 0.5) is 0 Å². The van der Waals surface area contributed by atoms with Gasteiger partial charge in [0.15, 0.2) is 5.76 Å². The van der Waals surface area contributed by atoms with Crippen molar-refractivity contribution in [2.75, 3.05) is 13.7 Å². The fourth-order valence-electron chi connectivity index (χ4n) is 4.13. The van der Waals surface area contributed by atoms with Crippen LogP contribution >= 0.6 is 0 Å². The van der Waals surface area contributed by atoms with E-state index in [9.17, 15) is 8.42 Å². The van der Waals surface area contributed by atoms with Crippen molar-refractivity contribution in [1.82, 2.24) is 19.2 Å². The van der Waals surface area contributed by atoms with E-state index in [0.717, 1.165) is 30.6 Å². The van der Waals surface area contributed by atoms with Crippen LogP contribution in [0.1, 0.15) is 50.0 Å². The molecular weight excluding hydrogens is 416 g/mol. The van der Waals surface area contributed by atoms with E-state index in [2.05, 4.69) is 10.3 Å². The third-order valence-corrected chi connectivity index (χ3v) is 7.90. The van der Waals surface area contributed by atoms with Gasteiger partial charge in [0.2, 0.25) is 10.0 Å². The number of rotatable bonds is 6. The van der Waals surface area contributed by atoms with Gasteiger partial charge in [0.25, 0.3) is 0 Å². The van der Waals surface area contributed by atoms with Gasteiger partial charge in [-0.15, -0.1) is 0 Å². The lowest BCUT2D eigenvalue weighted by Gasteiger charge is -2.27. The molecule has 0 N–H and O–H groups in total. The van der Waals surface area contributed by atoms with E-state index in [0.29, 0.717) is 36.7 Å². The Morgan fingerprint density at radius 3 is 2.65 bits per heavy atom. The van der Waals surface area contributed by atoms with E-state index in [4.69, 9.17) is 9.26 Å². The van der Waals surface area contributed by atoms with Gasteiger partial charge in [-0.05, 0) is 51.0 Å². The molecule has 0 spiro atoms. The first-order valence-electron chi connectivity index (χ1n) is 10.6. The smallest absolute Gasteiger partial charge is 0.247 e. The summed E-state index contributed by atoms with van der Waals surface area (Å²) >= 11 is 0. The SMILES string of the molecule is CCn1ncc(S(=O)(=O)N2CCCCC[C@@H]2c2cc(-c3ccc(OC)cc3)on2)c1C. The van der Waals surface area contributed by atoms with Crippen LogP contribution < -0.4 is 4.74 Å². The molecule has 3 heterocycles. The summed E-state index contributed by atoms with van der Waals surface area (Å²) in [5.41, 5.74) is 2.16. The zero-order valence-corrected chi connectivity index (χ0v) is 18.9. The van der Waals surface area contributed by atoms with E-state index >= 15 is 0 Å². The fourth-order valence-corrected chi connectivity index (χ4v) is 5.96. The zero-order valence-electron chi connectivity index (χ0n) is 18.1. The monoisotopic (exact) mass is 444 g/mol. The lowest BCUT2D eigenvalue weighted by molar-refractivity contribution is 0.308. The molecule has 1 aliphatic heterocycles. The molecule has 1 atom stereocenters. The minimum absolute atomic E-state index is 0.264. The highest BCUT2D eigenvalue weighted by Gasteiger charge is 2.37. The number of sulfonamides is 1. The first-order chi connectivity index (χ1) is 15.0. The molecule has 31 heavy (non-hydrogen) atoms. The Bertz CT molecular complexity index is 1130. The summed E-state index contributed by atoms with van der Waals surface area (Å²) in [6.07, 6.45) is 4.91. The first kappa shape index (κ1) is 21.6. The fraction of sp³-hybridized carbons (Fsp3) is 0.455. The second kappa shape index (κ2) is 8.84. The normalized spacial score (nSPS) is 18.1. The molecule has 4 rings (SSSR count). The third kappa shape index (κ3) is 4.12. The van der Waals surface area contributed by atoms with Gasteiger partial charge in [0, 0.05) is 24.7 Å². The maximum absolute atomic E-state index is 13.6. The number of hydrogen-bond acceptors (Lipinski definition) is 6. The highest BCUT2D eigenvalue weighted by atomic mass is 32.2. The molecule has 1 aromatic carbocycles. The average molecular weight is 445 g/mol. The van der Waals surface area contributed by atoms with Crippen LogP contribution in [-0.2, 0) is 16.6 Å². The van der Waals surface area contributed by atoms with Gasteiger partial charge in [-0.3, -0.25) is 4.68 Å². The predicted molar refractivity (Wildman–Crippen MR) is 116 cm³/mol. The highest BCUT2D eigenvalue weighted by molar-refractivity contribution is 7.89. The molecule has 1 saturated heterocycles. The van der Waals surface area contributed by atoms with Gasteiger partial charge in [-0.1, -0.05) is 18.0 Å². The van der Waals surface area contributed by atoms with Gasteiger partial charge in [-0.25, -0.2) is 8.42 Å². The number of aryl methyl sites for hydroxylation is 1. The molecule has 2 aromatic heterocycles. The number of methoxy groups -OCH3 is 1. The van der Waals surface area contributed by atoms with Crippen molar-refractivity contribution in [2.45, 2.75) is 57.0 Å². The summed E-state index contributed by atoms with van der Waals surface area (Å²) < 4.78 is 41.3. The van der Waals surface area contributed by atoms with Crippen LogP contribution in [0.5, 0.6) is 5.75 Å². The molecule has 1 aliphatic rings. The van der Waals surface area contributed by atoms with Crippen molar-refractivity contribution in [2.24, 2.45) is 0 Å². The maximum atomic E-state index is 13.6. The van der Waals surface area contributed by atoms with E-state index in [-0.39, 0.29) is 10.9 Å². The Balaban J connectivity index is 1.68. The van der Waals surface area contributed by atoms with Crippen molar-refractivity contribution in [3.63, 3.8) is 0 Å². The Morgan fingerprint density at radius 1 is 1.19 bits per heavy atom. The third-order valence-electron chi connectivity index (χ3n) is 5.89. The van der Waals surface area contributed by atoms with Gasteiger partial charge in [-0.2, -0.15) is 9.40 Å². The highest BCUT2D eigenvalue weighted by Crippen LogP contribution is 2.36. The zero-order chi connectivity index (χ0) is 22.0. The maximum Gasteiger partial charge on any atom is 0.247 e. The molecule has 0 bridgehead atoms. The minimum atomic E-state index is -3.72. The Kier molecular flexibility index (Phi) is 6.15. The molecule has 8 nitrogen and oxygen atoms in total. The standard InChI is InChI=1S/C22H28N4O4S/c1-4-25-16(2)22(15-23-25)31(27,28)26-13-7-5-6-8-20(26)19-14-21(30-24-19)17-9-11-18(29-3)12-10-17/h9-12,14-15,20H,4-8,13H2,1-3H3/t20-/m1/s1. The summed E-state index contributed by atoms with van der Waals surface area (Å²) in [6, 6.07) is 8.98. The molecule has 166 valence electrons. The molecule has 0 unspecified atom stereocenters. The molecular formula is C22H28N4O4S.